The van der Waals surface area contributed by atoms with E-state index in [4.69, 9.17) is 4.74 Å². The van der Waals surface area contributed by atoms with Gasteiger partial charge in [0.05, 0.1) is 0 Å². The average Bonchev–Trinajstić information content (AvgIpc) is 2.30. The molecule has 0 spiro atoms. The van der Waals surface area contributed by atoms with Gasteiger partial charge in [0.1, 0.15) is 20.2 Å². The van der Waals surface area contributed by atoms with Crippen LogP contribution in [0.3, 0.4) is 0 Å². The highest BCUT2D eigenvalue weighted by atomic mass is 19.1. The molecule has 0 aliphatic carbocycles. The van der Waals surface area contributed by atoms with Crippen LogP contribution in [0.4, 0.5) is 4.39 Å². The highest BCUT2D eigenvalue weighted by Crippen LogP contribution is 2.14. The third-order valence-electron chi connectivity index (χ3n) is 2.39. The molecule has 3 heteroatoms. The van der Waals surface area contributed by atoms with Gasteiger partial charge >= 0.3 is 0 Å². The largest absolute Gasteiger partial charge is 0.486 e. The van der Waals surface area contributed by atoms with Crippen molar-refractivity contribution in [2.24, 2.45) is 0 Å². The Morgan fingerprint density at radius 1 is 1.00 bits per heavy atom. The lowest BCUT2D eigenvalue weighted by Gasteiger charge is -2.09. The molecule has 80 valence electrons. The number of benzene rings is 2. The number of halogens is 1. The molecule has 1 nitrogen and oxygen atoms in total. The van der Waals surface area contributed by atoms with Gasteiger partial charge in [0, 0.05) is 0 Å². The van der Waals surface area contributed by atoms with Crippen LogP contribution in [0.15, 0.2) is 48.5 Å². The zero-order valence-electron chi connectivity index (χ0n) is 9.11. The Bertz CT molecular complexity index is 450. The smallest absolute Gasteiger partial charge is 0.164 e. The van der Waals surface area contributed by atoms with Crippen molar-refractivity contribution < 1.29 is 9.13 Å². The van der Waals surface area contributed by atoms with Crippen molar-refractivity contribution in [1.29, 1.82) is 0 Å². The fourth-order valence-corrected chi connectivity index (χ4v) is 1.53. The highest BCUT2D eigenvalue weighted by molar-refractivity contribution is 6.34. The van der Waals surface area contributed by atoms with Gasteiger partial charge in [0.25, 0.3) is 0 Å². The lowest BCUT2D eigenvalue weighted by atomic mass is 9.95. The van der Waals surface area contributed by atoms with E-state index in [1.807, 2.05) is 44.2 Å². The maximum Gasteiger partial charge on any atom is 0.164 e. The van der Waals surface area contributed by atoms with Crippen molar-refractivity contribution in [3.8, 4) is 5.75 Å². The minimum atomic E-state index is -0.309. The van der Waals surface area contributed by atoms with E-state index in [9.17, 15) is 4.39 Å². The third kappa shape index (κ3) is 2.43. The van der Waals surface area contributed by atoms with Crippen LogP contribution in [-0.4, -0.2) is 7.85 Å². The quantitative estimate of drug-likeness (QED) is 0.706. The Balaban J connectivity index is 2.11. The van der Waals surface area contributed by atoms with E-state index in [0.29, 0.717) is 12.4 Å². The monoisotopic (exact) mass is 214 g/mol. The predicted octanol–water partition coefficient (Wildman–Crippen LogP) is 1.66. The normalized spacial score (nSPS) is 10.1. The number of para-hydroxylation sites is 1. The summed E-state index contributed by atoms with van der Waals surface area (Å²) in [4.78, 5) is 0. The molecule has 0 heterocycles. The van der Waals surface area contributed by atoms with Gasteiger partial charge < -0.3 is 4.74 Å². The molecule has 0 aromatic heterocycles. The summed E-state index contributed by atoms with van der Waals surface area (Å²) in [5.41, 5.74) is 1.85. The zero-order valence-corrected chi connectivity index (χ0v) is 9.11. The molecule has 0 fully saturated rings. The Morgan fingerprint density at radius 2 is 1.75 bits per heavy atom. The van der Waals surface area contributed by atoms with Gasteiger partial charge in [-0.15, -0.1) is 0 Å². The van der Waals surface area contributed by atoms with E-state index in [2.05, 4.69) is 0 Å². The molecule has 0 N–H and O–H groups in total. The number of hydrogen-bond donors (Lipinski definition) is 0. The number of hydrogen-bond acceptors (Lipinski definition) is 1. The van der Waals surface area contributed by atoms with Crippen molar-refractivity contribution in [3.05, 3.63) is 59.9 Å². The van der Waals surface area contributed by atoms with Crippen molar-refractivity contribution in [1.82, 2.24) is 0 Å². The molecule has 0 unspecified atom stereocenters. The van der Waals surface area contributed by atoms with Gasteiger partial charge in [-0.1, -0.05) is 42.5 Å². The molecule has 0 saturated heterocycles. The minimum absolute atomic E-state index is 0.309. The van der Waals surface area contributed by atoms with Crippen molar-refractivity contribution in [2.45, 2.75) is 6.61 Å². The van der Waals surface area contributed by atoms with Crippen LogP contribution in [0, 0.1) is 5.82 Å². The second-order valence-electron chi connectivity index (χ2n) is 3.66. The van der Waals surface area contributed by atoms with Crippen molar-refractivity contribution in [3.63, 3.8) is 0 Å². The maximum absolute atomic E-state index is 13.4. The van der Waals surface area contributed by atoms with Crippen molar-refractivity contribution >= 4 is 13.3 Å². The fraction of sp³-hybridized carbons (Fsp3) is 0.0769. The minimum Gasteiger partial charge on any atom is -0.486 e. The Hall–Kier alpha value is -1.77. The summed E-state index contributed by atoms with van der Waals surface area (Å²) in [6, 6.07) is 14.7. The zero-order chi connectivity index (χ0) is 11.4. The molecule has 16 heavy (non-hydrogen) atoms. The molecule has 0 bridgehead atoms. The summed E-state index contributed by atoms with van der Waals surface area (Å²) in [6.45, 7) is 0.391. The van der Waals surface area contributed by atoms with Crippen LogP contribution in [-0.2, 0) is 6.61 Å². The summed E-state index contributed by atoms with van der Waals surface area (Å²) in [7, 11) is 1.84. The highest BCUT2D eigenvalue weighted by Gasteiger charge is 2.05. The standard InChI is InChI=1S/C13H12BFO/c14-11-7-4-8-12(15)13(11)16-9-10-5-2-1-3-6-10/h1-8H,9,14H2. The van der Waals surface area contributed by atoms with Crippen LogP contribution in [0.5, 0.6) is 5.75 Å². The molecule has 0 saturated carbocycles. The molecule has 0 aliphatic rings. The van der Waals surface area contributed by atoms with Crippen LogP contribution < -0.4 is 10.2 Å². The second-order valence-corrected chi connectivity index (χ2v) is 3.66. The van der Waals surface area contributed by atoms with E-state index in [0.717, 1.165) is 11.0 Å². The van der Waals surface area contributed by atoms with Crippen LogP contribution >= 0.6 is 0 Å². The summed E-state index contributed by atoms with van der Waals surface area (Å²) >= 11 is 0. The van der Waals surface area contributed by atoms with Crippen molar-refractivity contribution in [2.75, 3.05) is 0 Å². The summed E-state index contributed by atoms with van der Waals surface area (Å²) < 4.78 is 18.9. The van der Waals surface area contributed by atoms with E-state index < -0.39 is 0 Å². The van der Waals surface area contributed by atoms with Crippen LogP contribution in [0.25, 0.3) is 0 Å². The Morgan fingerprint density at radius 3 is 2.44 bits per heavy atom. The molecule has 0 atom stereocenters. The second kappa shape index (κ2) is 4.84. The predicted molar refractivity (Wildman–Crippen MR) is 65.4 cm³/mol. The van der Waals surface area contributed by atoms with Gasteiger partial charge in [-0.25, -0.2) is 4.39 Å². The molecule has 2 aromatic rings. The lowest BCUT2D eigenvalue weighted by molar-refractivity contribution is 0.293. The Kier molecular flexibility index (Phi) is 3.25. The SMILES string of the molecule is Bc1cccc(F)c1OCc1ccccc1. The fourth-order valence-electron chi connectivity index (χ4n) is 1.53. The molecule has 2 rings (SSSR count). The van der Waals surface area contributed by atoms with Gasteiger partial charge in [-0.2, -0.15) is 0 Å². The molecule has 0 radical (unpaired) electrons. The van der Waals surface area contributed by atoms with Gasteiger partial charge in [-0.3, -0.25) is 0 Å². The lowest BCUT2D eigenvalue weighted by Crippen LogP contribution is -2.10. The summed E-state index contributed by atoms with van der Waals surface area (Å²) in [6.07, 6.45) is 0. The summed E-state index contributed by atoms with van der Waals surface area (Å²) in [5.74, 6) is 0.0299. The third-order valence-corrected chi connectivity index (χ3v) is 2.39. The first-order valence-electron chi connectivity index (χ1n) is 5.19. The molecule has 0 amide bonds. The topological polar surface area (TPSA) is 9.23 Å². The van der Waals surface area contributed by atoms with E-state index in [1.54, 1.807) is 6.07 Å². The average molecular weight is 214 g/mol. The van der Waals surface area contributed by atoms with Gasteiger partial charge in [0.2, 0.25) is 0 Å². The first kappa shape index (κ1) is 10.7. The van der Waals surface area contributed by atoms with Gasteiger partial charge in [0.15, 0.2) is 5.82 Å². The van der Waals surface area contributed by atoms with E-state index >= 15 is 0 Å². The summed E-state index contributed by atoms with van der Waals surface area (Å²) in [5, 5.41) is 0. The first-order valence-corrected chi connectivity index (χ1v) is 5.19. The maximum atomic E-state index is 13.4. The number of ether oxygens (including phenoxy) is 1. The molecular weight excluding hydrogens is 202 g/mol. The Labute approximate surface area is 95.3 Å². The van der Waals surface area contributed by atoms with Crippen LogP contribution in [0.2, 0.25) is 0 Å². The van der Waals surface area contributed by atoms with Gasteiger partial charge in [-0.05, 0) is 17.1 Å². The van der Waals surface area contributed by atoms with E-state index in [-0.39, 0.29) is 5.82 Å². The molecule has 2 aromatic carbocycles. The molecule has 0 aliphatic heterocycles. The number of rotatable bonds is 3. The van der Waals surface area contributed by atoms with Crippen LogP contribution in [0.1, 0.15) is 5.56 Å². The first-order chi connectivity index (χ1) is 7.77. The van der Waals surface area contributed by atoms with E-state index in [1.165, 1.54) is 6.07 Å². The molecular formula is C13H12BFO.